The monoisotopic (exact) mass is 262 g/mol. The highest BCUT2D eigenvalue weighted by molar-refractivity contribution is 5.90. The van der Waals surface area contributed by atoms with Crippen molar-refractivity contribution in [3.05, 3.63) is 24.3 Å². The number of cyclic esters (lactones) is 1. The topological polar surface area (TPSA) is 61.8 Å². The van der Waals surface area contributed by atoms with Gasteiger partial charge in [0.15, 0.2) is 0 Å². The lowest BCUT2D eigenvalue weighted by molar-refractivity contribution is 0.174. The van der Waals surface area contributed by atoms with Crippen molar-refractivity contribution in [3.63, 3.8) is 0 Å². The molecular formula is C14H18N2O3. The number of hydrogen-bond acceptors (Lipinski definition) is 4. The quantitative estimate of drug-likeness (QED) is 0.852. The predicted molar refractivity (Wildman–Crippen MR) is 71.3 cm³/mol. The van der Waals surface area contributed by atoms with E-state index in [-0.39, 0.29) is 17.9 Å². The zero-order chi connectivity index (χ0) is 13.2. The van der Waals surface area contributed by atoms with Crippen LogP contribution in [0.5, 0.6) is 5.75 Å². The standard InChI is InChI=1S/C14H18N2O3/c17-12-5-3-11(4-6-12)16-13(9-19-14(16)18)10-2-1-7-15-8-10/h3-6,10,13,15,17H,1-2,7-9H2. The van der Waals surface area contributed by atoms with E-state index in [9.17, 15) is 9.90 Å². The van der Waals surface area contributed by atoms with Crippen molar-refractivity contribution in [1.82, 2.24) is 5.32 Å². The van der Waals surface area contributed by atoms with Crippen LogP contribution in [-0.2, 0) is 4.74 Å². The number of carbonyl (C=O) groups is 1. The average molecular weight is 262 g/mol. The molecule has 1 aromatic rings. The lowest BCUT2D eigenvalue weighted by Gasteiger charge is -2.32. The number of carbonyl (C=O) groups excluding carboxylic acids is 1. The average Bonchev–Trinajstić information content (AvgIpc) is 2.83. The Morgan fingerprint density at radius 2 is 2.11 bits per heavy atom. The van der Waals surface area contributed by atoms with Gasteiger partial charge in [-0.15, -0.1) is 0 Å². The number of piperidine rings is 1. The third kappa shape index (κ3) is 2.38. The first-order chi connectivity index (χ1) is 9.25. The molecule has 2 atom stereocenters. The first-order valence-corrected chi connectivity index (χ1v) is 6.71. The van der Waals surface area contributed by atoms with Crippen LogP contribution in [0.1, 0.15) is 12.8 Å². The van der Waals surface area contributed by atoms with Gasteiger partial charge in [-0.3, -0.25) is 4.90 Å². The minimum absolute atomic E-state index is 0.0878. The van der Waals surface area contributed by atoms with Crippen LogP contribution in [0.3, 0.4) is 0 Å². The molecule has 2 aliphatic heterocycles. The number of nitrogens with one attached hydrogen (secondary N) is 1. The van der Waals surface area contributed by atoms with Crippen molar-refractivity contribution >= 4 is 11.8 Å². The van der Waals surface area contributed by atoms with E-state index in [4.69, 9.17) is 4.74 Å². The van der Waals surface area contributed by atoms with Gasteiger partial charge in [0.25, 0.3) is 0 Å². The number of anilines is 1. The molecular weight excluding hydrogens is 244 g/mol. The van der Waals surface area contributed by atoms with Crippen molar-refractivity contribution in [2.75, 3.05) is 24.6 Å². The molecule has 2 fully saturated rings. The van der Waals surface area contributed by atoms with E-state index in [2.05, 4.69) is 5.32 Å². The smallest absolute Gasteiger partial charge is 0.414 e. The largest absolute Gasteiger partial charge is 0.508 e. The summed E-state index contributed by atoms with van der Waals surface area (Å²) in [6.07, 6.45) is 1.96. The van der Waals surface area contributed by atoms with Gasteiger partial charge in [-0.1, -0.05) is 0 Å². The van der Waals surface area contributed by atoms with Crippen LogP contribution < -0.4 is 10.2 Å². The number of benzene rings is 1. The molecule has 0 spiro atoms. The van der Waals surface area contributed by atoms with Crippen LogP contribution in [0.15, 0.2) is 24.3 Å². The number of phenols is 1. The molecule has 0 aliphatic carbocycles. The maximum absolute atomic E-state index is 11.9. The van der Waals surface area contributed by atoms with Crippen LogP contribution in [0, 0.1) is 5.92 Å². The molecule has 2 N–H and O–H groups in total. The van der Waals surface area contributed by atoms with Gasteiger partial charge in [0.1, 0.15) is 12.4 Å². The highest BCUT2D eigenvalue weighted by atomic mass is 16.6. The minimum atomic E-state index is -0.290. The Balaban J connectivity index is 1.83. The van der Waals surface area contributed by atoms with Crippen LogP contribution in [-0.4, -0.2) is 36.9 Å². The van der Waals surface area contributed by atoms with E-state index in [1.54, 1.807) is 29.2 Å². The molecule has 0 saturated carbocycles. The highest BCUT2D eigenvalue weighted by Crippen LogP contribution is 2.30. The molecule has 0 aromatic heterocycles. The van der Waals surface area contributed by atoms with Crippen LogP contribution >= 0.6 is 0 Å². The van der Waals surface area contributed by atoms with Gasteiger partial charge in [0.05, 0.1) is 6.04 Å². The molecule has 5 heteroatoms. The van der Waals surface area contributed by atoms with Crippen molar-refractivity contribution in [1.29, 1.82) is 0 Å². The van der Waals surface area contributed by atoms with E-state index in [0.29, 0.717) is 12.5 Å². The number of amides is 1. The molecule has 2 unspecified atom stereocenters. The Bertz CT molecular complexity index is 454. The Morgan fingerprint density at radius 3 is 2.79 bits per heavy atom. The number of rotatable bonds is 2. The summed E-state index contributed by atoms with van der Waals surface area (Å²) >= 11 is 0. The Labute approximate surface area is 112 Å². The number of phenolic OH excluding ortho intramolecular Hbond substituents is 1. The van der Waals surface area contributed by atoms with Crippen LogP contribution in [0.2, 0.25) is 0 Å². The second-order valence-corrected chi connectivity index (χ2v) is 5.14. The Hall–Kier alpha value is -1.75. The van der Waals surface area contributed by atoms with E-state index < -0.39 is 0 Å². The summed E-state index contributed by atoms with van der Waals surface area (Å²) in [5.41, 5.74) is 0.788. The van der Waals surface area contributed by atoms with Crippen molar-refractivity contribution in [2.24, 2.45) is 5.92 Å². The second-order valence-electron chi connectivity index (χ2n) is 5.14. The number of nitrogens with zero attached hydrogens (tertiary/aromatic N) is 1. The molecule has 19 heavy (non-hydrogen) atoms. The molecule has 102 valence electrons. The molecule has 5 nitrogen and oxygen atoms in total. The van der Waals surface area contributed by atoms with Gasteiger partial charge in [-0.25, -0.2) is 4.79 Å². The number of aromatic hydroxyl groups is 1. The van der Waals surface area contributed by atoms with Crippen molar-refractivity contribution in [3.8, 4) is 5.75 Å². The Morgan fingerprint density at radius 1 is 1.32 bits per heavy atom. The summed E-state index contributed by atoms with van der Waals surface area (Å²) in [7, 11) is 0. The molecule has 2 heterocycles. The van der Waals surface area contributed by atoms with Gasteiger partial charge in [0, 0.05) is 12.2 Å². The lowest BCUT2D eigenvalue weighted by atomic mass is 9.91. The van der Waals surface area contributed by atoms with Gasteiger partial charge >= 0.3 is 6.09 Å². The summed E-state index contributed by atoms with van der Waals surface area (Å²) in [6, 6.07) is 6.79. The van der Waals surface area contributed by atoms with E-state index in [0.717, 1.165) is 31.6 Å². The molecule has 1 amide bonds. The third-order valence-corrected chi connectivity index (χ3v) is 3.91. The van der Waals surface area contributed by atoms with Gasteiger partial charge in [-0.2, -0.15) is 0 Å². The molecule has 2 saturated heterocycles. The van der Waals surface area contributed by atoms with Crippen LogP contribution in [0.25, 0.3) is 0 Å². The lowest BCUT2D eigenvalue weighted by Crippen LogP contribution is -2.45. The maximum atomic E-state index is 11.9. The van der Waals surface area contributed by atoms with Gasteiger partial charge in [0.2, 0.25) is 0 Å². The SMILES string of the molecule is O=C1OCC(C2CCCNC2)N1c1ccc(O)cc1. The normalized spacial score (nSPS) is 27.4. The zero-order valence-electron chi connectivity index (χ0n) is 10.7. The summed E-state index contributed by atoms with van der Waals surface area (Å²) in [5.74, 6) is 0.626. The fourth-order valence-corrected chi connectivity index (χ4v) is 2.90. The van der Waals surface area contributed by atoms with Gasteiger partial charge in [-0.05, 0) is 49.6 Å². The zero-order valence-corrected chi connectivity index (χ0v) is 10.7. The summed E-state index contributed by atoms with van der Waals surface area (Å²) < 4.78 is 5.21. The molecule has 2 aliphatic rings. The second kappa shape index (κ2) is 5.09. The minimum Gasteiger partial charge on any atom is -0.508 e. The number of hydrogen-bond donors (Lipinski definition) is 2. The van der Waals surface area contributed by atoms with E-state index in [1.807, 2.05) is 0 Å². The van der Waals surface area contributed by atoms with E-state index in [1.165, 1.54) is 0 Å². The third-order valence-electron chi connectivity index (χ3n) is 3.91. The van der Waals surface area contributed by atoms with Crippen molar-refractivity contribution < 1.29 is 14.6 Å². The van der Waals surface area contributed by atoms with Crippen molar-refractivity contribution in [2.45, 2.75) is 18.9 Å². The summed E-state index contributed by atoms with van der Waals surface area (Å²) in [5, 5.41) is 12.7. The fraction of sp³-hybridized carbons (Fsp3) is 0.500. The van der Waals surface area contributed by atoms with Crippen LogP contribution in [0.4, 0.5) is 10.5 Å². The van der Waals surface area contributed by atoms with E-state index >= 15 is 0 Å². The first-order valence-electron chi connectivity index (χ1n) is 6.71. The summed E-state index contributed by atoms with van der Waals surface area (Å²) in [6.45, 7) is 2.43. The fourth-order valence-electron chi connectivity index (χ4n) is 2.90. The maximum Gasteiger partial charge on any atom is 0.414 e. The molecule has 0 bridgehead atoms. The Kier molecular flexibility index (Phi) is 3.29. The summed E-state index contributed by atoms with van der Waals surface area (Å²) in [4.78, 5) is 13.7. The van der Waals surface area contributed by atoms with Gasteiger partial charge < -0.3 is 15.2 Å². The number of ether oxygens (including phenoxy) is 1. The molecule has 1 aromatic carbocycles. The predicted octanol–water partition coefficient (Wildman–Crippen LogP) is 1.72. The molecule has 3 rings (SSSR count). The molecule has 0 radical (unpaired) electrons. The highest BCUT2D eigenvalue weighted by Gasteiger charge is 2.39. The first kappa shape index (κ1) is 12.3.